The molecule has 1 fully saturated rings. The van der Waals surface area contributed by atoms with Gasteiger partial charge in [-0.3, -0.25) is 4.79 Å². The molecule has 1 aromatic heterocycles. The topological polar surface area (TPSA) is 75.6 Å². The quantitative estimate of drug-likeness (QED) is 0.615. The van der Waals surface area contributed by atoms with Gasteiger partial charge < -0.3 is 14.7 Å². The summed E-state index contributed by atoms with van der Waals surface area (Å²) < 4.78 is 6.02. The number of aryl methyl sites for hydroxylation is 2. The number of halogens is 1. The smallest absolute Gasteiger partial charge is 0.303 e. The van der Waals surface area contributed by atoms with Crippen LogP contribution < -0.4 is 9.64 Å². The summed E-state index contributed by atoms with van der Waals surface area (Å²) >= 11 is 5.87. The van der Waals surface area contributed by atoms with E-state index in [9.17, 15) is 4.79 Å². The fraction of sp³-hybridized carbons (Fsp3) is 0.522. The van der Waals surface area contributed by atoms with Crippen molar-refractivity contribution in [1.82, 2.24) is 9.97 Å². The summed E-state index contributed by atoms with van der Waals surface area (Å²) in [4.78, 5) is 21.6. The van der Waals surface area contributed by atoms with Crippen LogP contribution in [0.4, 0.5) is 5.95 Å². The Morgan fingerprint density at radius 3 is 2.63 bits per heavy atom. The van der Waals surface area contributed by atoms with Crippen LogP contribution in [0, 0.1) is 18.8 Å². The van der Waals surface area contributed by atoms with Crippen LogP contribution in [0.5, 0.6) is 5.75 Å². The van der Waals surface area contributed by atoms with Gasteiger partial charge >= 0.3 is 5.97 Å². The van der Waals surface area contributed by atoms with Crippen molar-refractivity contribution in [2.75, 3.05) is 24.6 Å². The highest BCUT2D eigenvalue weighted by Gasteiger charge is 2.25. The number of carboxylic acids is 1. The van der Waals surface area contributed by atoms with Gasteiger partial charge in [0.15, 0.2) is 0 Å². The molecule has 0 spiro atoms. The Hall–Kier alpha value is -2.34. The first kappa shape index (κ1) is 22.3. The van der Waals surface area contributed by atoms with E-state index in [0.29, 0.717) is 29.9 Å². The van der Waals surface area contributed by atoms with Crippen LogP contribution in [-0.4, -0.2) is 40.7 Å². The Morgan fingerprint density at radius 2 is 2.00 bits per heavy atom. The Kier molecular flexibility index (Phi) is 7.91. The summed E-state index contributed by atoms with van der Waals surface area (Å²) in [5.41, 5.74) is 2.09. The van der Waals surface area contributed by atoms with Gasteiger partial charge in [-0.25, -0.2) is 9.97 Å². The Labute approximate surface area is 183 Å². The summed E-state index contributed by atoms with van der Waals surface area (Å²) in [6.07, 6.45) is 7.28. The molecule has 1 aromatic carbocycles. The Morgan fingerprint density at radius 1 is 1.30 bits per heavy atom. The molecule has 0 amide bonds. The minimum atomic E-state index is -0.770. The number of anilines is 1. The van der Waals surface area contributed by atoms with Gasteiger partial charge in [-0.1, -0.05) is 30.7 Å². The molecule has 2 heterocycles. The van der Waals surface area contributed by atoms with Crippen LogP contribution in [0.2, 0.25) is 5.02 Å². The molecule has 6 nitrogen and oxygen atoms in total. The summed E-state index contributed by atoms with van der Waals surface area (Å²) in [6, 6.07) is 5.95. The van der Waals surface area contributed by atoms with Crippen LogP contribution >= 0.6 is 11.6 Å². The average Bonchev–Trinajstić information content (AvgIpc) is 2.74. The number of hydrogen-bond donors (Lipinski definition) is 1. The molecule has 162 valence electrons. The second kappa shape index (κ2) is 10.6. The molecule has 1 N–H and O–H groups in total. The zero-order valence-electron chi connectivity index (χ0n) is 17.7. The Bertz CT molecular complexity index is 836. The standard InChI is InChI=1S/C23H30ClN3O3/c1-16(19-7-10-27(11-8-19)23-25-14-20(24)15-26-23)9-12-30-21-5-3-18(13-17(21)2)4-6-22(28)29/h3,5,13-16,19H,4,6-12H2,1-2H3,(H,28,29)/t16-/m1/s1. The van der Waals surface area contributed by atoms with Crippen molar-refractivity contribution < 1.29 is 14.6 Å². The van der Waals surface area contributed by atoms with Crippen LogP contribution in [-0.2, 0) is 11.2 Å². The third-order valence-electron chi connectivity index (χ3n) is 5.93. The maximum Gasteiger partial charge on any atom is 0.303 e. The second-order valence-electron chi connectivity index (χ2n) is 8.13. The van der Waals surface area contributed by atoms with Crippen molar-refractivity contribution in [2.45, 2.75) is 46.0 Å². The van der Waals surface area contributed by atoms with E-state index >= 15 is 0 Å². The fourth-order valence-electron chi connectivity index (χ4n) is 4.01. The van der Waals surface area contributed by atoms with E-state index in [1.165, 1.54) is 0 Å². The van der Waals surface area contributed by atoms with Gasteiger partial charge in [-0.2, -0.15) is 0 Å². The van der Waals surface area contributed by atoms with Crippen molar-refractivity contribution in [2.24, 2.45) is 11.8 Å². The van der Waals surface area contributed by atoms with Crippen molar-refractivity contribution in [3.8, 4) is 5.75 Å². The monoisotopic (exact) mass is 431 g/mol. The van der Waals surface area contributed by atoms with Gasteiger partial charge in [0.2, 0.25) is 5.95 Å². The lowest BCUT2D eigenvalue weighted by Crippen LogP contribution is -2.36. The molecule has 2 aromatic rings. The van der Waals surface area contributed by atoms with Crippen molar-refractivity contribution >= 4 is 23.5 Å². The van der Waals surface area contributed by atoms with E-state index in [0.717, 1.165) is 55.2 Å². The van der Waals surface area contributed by atoms with Crippen LogP contribution in [0.25, 0.3) is 0 Å². The first-order chi connectivity index (χ1) is 14.4. The number of carboxylic acid groups (broad SMARTS) is 1. The first-order valence-electron chi connectivity index (χ1n) is 10.6. The lowest BCUT2D eigenvalue weighted by molar-refractivity contribution is -0.136. The third kappa shape index (κ3) is 6.33. The highest BCUT2D eigenvalue weighted by atomic mass is 35.5. The molecular weight excluding hydrogens is 402 g/mol. The van der Waals surface area contributed by atoms with Gasteiger partial charge in [0, 0.05) is 19.5 Å². The molecule has 3 rings (SSSR count). The number of benzene rings is 1. The number of hydrogen-bond acceptors (Lipinski definition) is 5. The molecule has 30 heavy (non-hydrogen) atoms. The highest BCUT2D eigenvalue weighted by Crippen LogP contribution is 2.29. The molecule has 1 saturated heterocycles. The van der Waals surface area contributed by atoms with Gasteiger partial charge in [0.05, 0.1) is 24.0 Å². The SMILES string of the molecule is Cc1cc(CCC(=O)O)ccc1OCC[C@@H](C)C1CCN(c2ncc(Cl)cn2)CC1. The maximum atomic E-state index is 10.7. The van der Waals surface area contributed by atoms with Crippen LogP contribution in [0.15, 0.2) is 30.6 Å². The zero-order valence-corrected chi connectivity index (χ0v) is 18.4. The second-order valence-corrected chi connectivity index (χ2v) is 8.57. The van der Waals surface area contributed by atoms with Crippen molar-refractivity contribution in [3.63, 3.8) is 0 Å². The van der Waals surface area contributed by atoms with Gasteiger partial charge in [-0.15, -0.1) is 0 Å². The normalized spacial score (nSPS) is 15.8. The predicted octanol–water partition coefficient (Wildman–Crippen LogP) is 4.78. The summed E-state index contributed by atoms with van der Waals surface area (Å²) in [5, 5.41) is 9.38. The maximum absolute atomic E-state index is 10.7. The molecule has 0 radical (unpaired) electrons. The van der Waals surface area contributed by atoms with Gasteiger partial charge in [0.1, 0.15) is 5.75 Å². The zero-order chi connectivity index (χ0) is 21.5. The molecule has 0 unspecified atom stereocenters. The number of rotatable bonds is 9. The fourth-order valence-corrected chi connectivity index (χ4v) is 4.11. The van der Waals surface area contributed by atoms with Gasteiger partial charge in [0.25, 0.3) is 0 Å². The van der Waals surface area contributed by atoms with Crippen LogP contribution in [0.3, 0.4) is 0 Å². The molecule has 7 heteroatoms. The predicted molar refractivity (Wildman–Crippen MR) is 118 cm³/mol. The number of piperidine rings is 1. The molecule has 0 aliphatic carbocycles. The average molecular weight is 432 g/mol. The minimum absolute atomic E-state index is 0.153. The lowest BCUT2D eigenvalue weighted by Gasteiger charge is -2.34. The molecule has 0 bridgehead atoms. The molecule has 1 aliphatic rings. The summed E-state index contributed by atoms with van der Waals surface area (Å²) in [5.74, 6) is 2.14. The number of aromatic nitrogens is 2. The van der Waals surface area contributed by atoms with Crippen LogP contribution in [0.1, 0.15) is 43.7 Å². The van der Waals surface area contributed by atoms with E-state index in [-0.39, 0.29) is 6.42 Å². The summed E-state index contributed by atoms with van der Waals surface area (Å²) in [6.45, 7) is 6.95. The largest absolute Gasteiger partial charge is 0.493 e. The van der Waals surface area contributed by atoms with E-state index in [2.05, 4.69) is 21.8 Å². The molecular formula is C23H30ClN3O3. The molecule has 1 atom stereocenters. The Balaban J connectivity index is 1.41. The van der Waals surface area contributed by atoms with E-state index in [4.69, 9.17) is 21.4 Å². The van der Waals surface area contributed by atoms with Crippen molar-refractivity contribution in [1.29, 1.82) is 0 Å². The van der Waals surface area contributed by atoms with E-state index in [1.54, 1.807) is 12.4 Å². The number of carbonyl (C=O) groups is 1. The molecule has 1 aliphatic heterocycles. The number of nitrogens with zero attached hydrogens (tertiary/aromatic N) is 3. The first-order valence-corrected chi connectivity index (χ1v) is 11.0. The highest BCUT2D eigenvalue weighted by molar-refractivity contribution is 6.30. The third-order valence-corrected chi connectivity index (χ3v) is 6.13. The number of ether oxygens (including phenoxy) is 1. The van der Waals surface area contributed by atoms with Crippen molar-refractivity contribution in [3.05, 3.63) is 46.7 Å². The summed E-state index contributed by atoms with van der Waals surface area (Å²) in [7, 11) is 0. The van der Waals surface area contributed by atoms with Gasteiger partial charge in [-0.05, 0) is 61.6 Å². The molecule has 0 saturated carbocycles. The lowest BCUT2D eigenvalue weighted by atomic mass is 9.84. The number of aliphatic carboxylic acids is 1. The minimum Gasteiger partial charge on any atom is -0.493 e. The van der Waals surface area contributed by atoms with E-state index < -0.39 is 5.97 Å². The van der Waals surface area contributed by atoms with E-state index in [1.807, 2.05) is 25.1 Å².